The summed E-state index contributed by atoms with van der Waals surface area (Å²) in [6, 6.07) is 19.9. The van der Waals surface area contributed by atoms with Gasteiger partial charge in [0, 0.05) is 24.3 Å². The molecule has 0 aliphatic carbocycles. The van der Waals surface area contributed by atoms with Crippen LogP contribution in [-0.4, -0.2) is 18.2 Å². The topological polar surface area (TPSA) is 47.3 Å². The van der Waals surface area contributed by atoms with Gasteiger partial charge in [0.2, 0.25) is 0 Å². The van der Waals surface area contributed by atoms with E-state index in [4.69, 9.17) is 0 Å². The standard InChI is InChI=1S/C22H22N2O/c1-3-12-24(4-2)19-11-10-16-13-18(9-8-17(16)14-19)20-6-5-7-22(25)21(20)15-23/h5-11,13-14,25H,3-4,12H2,1-2H3. The van der Waals surface area contributed by atoms with E-state index in [1.807, 2.05) is 12.1 Å². The summed E-state index contributed by atoms with van der Waals surface area (Å²) in [5.41, 5.74) is 3.25. The van der Waals surface area contributed by atoms with Gasteiger partial charge in [0.25, 0.3) is 0 Å². The van der Waals surface area contributed by atoms with Crippen LogP contribution in [0.4, 0.5) is 5.69 Å². The van der Waals surface area contributed by atoms with Gasteiger partial charge >= 0.3 is 0 Å². The number of fused-ring (bicyclic) bond motifs is 1. The Hall–Kier alpha value is -2.99. The number of phenolic OH excluding ortho intramolecular Hbond substituents is 1. The van der Waals surface area contributed by atoms with Crippen molar-refractivity contribution in [2.75, 3.05) is 18.0 Å². The van der Waals surface area contributed by atoms with Crippen molar-refractivity contribution in [2.24, 2.45) is 0 Å². The first-order valence-corrected chi connectivity index (χ1v) is 8.69. The van der Waals surface area contributed by atoms with E-state index < -0.39 is 0 Å². The molecule has 0 heterocycles. The van der Waals surface area contributed by atoms with Crippen LogP contribution in [0, 0.1) is 11.3 Å². The maximum Gasteiger partial charge on any atom is 0.133 e. The molecule has 0 saturated carbocycles. The molecule has 1 N–H and O–H groups in total. The van der Waals surface area contributed by atoms with E-state index in [0.717, 1.165) is 36.0 Å². The van der Waals surface area contributed by atoms with Crippen molar-refractivity contribution in [3.05, 3.63) is 60.2 Å². The van der Waals surface area contributed by atoms with Crippen LogP contribution in [0.25, 0.3) is 21.9 Å². The van der Waals surface area contributed by atoms with Gasteiger partial charge in [-0.2, -0.15) is 5.26 Å². The Morgan fingerprint density at radius 3 is 2.48 bits per heavy atom. The minimum atomic E-state index is 0.0219. The zero-order valence-corrected chi connectivity index (χ0v) is 14.7. The van der Waals surface area contributed by atoms with Crippen molar-refractivity contribution >= 4 is 16.5 Å². The summed E-state index contributed by atoms with van der Waals surface area (Å²) in [4.78, 5) is 2.37. The number of aromatic hydroxyl groups is 1. The number of benzene rings is 3. The van der Waals surface area contributed by atoms with Gasteiger partial charge in [-0.15, -0.1) is 0 Å². The van der Waals surface area contributed by atoms with Gasteiger partial charge in [0.15, 0.2) is 0 Å². The summed E-state index contributed by atoms with van der Waals surface area (Å²) in [6.45, 7) is 6.41. The fourth-order valence-corrected chi connectivity index (χ4v) is 3.24. The molecular formula is C22H22N2O. The van der Waals surface area contributed by atoms with Crippen LogP contribution in [0.3, 0.4) is 0 Å². The number of nitrogens with zero attached hydrogens (tertiary/aromatic N) is 2. The maximum atomic E-state index is 9.91. The van der Waals surface area contributed by atoms with Gasteiger partial charge in [-0.1, -0.05) is 37.3 Å². The molecule has 0 saturated heterocycles. The molecule has 0 unspecified atom stereocenters. The fourth-order valence-electron chi connectivity index (χ4n) is 3.24. The highest BCUT2D eigenvalue weighted by molar-refractivity contribution is 5.90. The molecule has 0 spiro atoms. The molecule has 126 valence electrons. The Morgan fingerprint density at radius 1 is 1.00 bits per heavy atom. The van der Waals surface area contributed by atoms with Crippen LogP contribution < -0.4 is 4.90 Å². The second-order valence-electron chi connectivity index (χ2n) is 6.14. The number of rotatable bonds is 5. The first-order valence-electron chi connectivity index (χ1n) is 8.69. The monoisotopic (exact) mass is 330 g/mol. The minimum absolute atomic E-state index is 0.0219. The molecule has 0 fully saturated rings. The Kier molecular flexibility index (Phi) is 4.90. The average Bonchev–Trinajstić information content (AvgIpc) is 2.65. The second kappa shape index (κ2) is 7.27. The lowest BCUT2D eigenvalue weighted by atomic mass is 9.97. The number of anilines is 1. The second-order valence-corrected chi connectivity index (χ2v) is 6.14. The maximum absolute atomic E-state index is 9.91. The molecule has 0 bridgehead atoms. The Balaban J connectivity index is 2.05. The summed E-state index contributed by atoms with van der Waals surface area (Å²) in [7, 11) is 0. The van der Waals surface area contributed by atoms with Crippen molar-refractivity contribution in [2.45, 2.75) is 20.3 Å². The van der Waals surface area contributed by atoms with E-state index in [0.29, 0.717) is 5.56 Å². The highest BCUT2D eigenvalue weighted by Crippen LogP contribution is 2.32. The first kappa shape index (κ1) is 16.9. The quantitative estimate of drug-likeness (QED) is 0.688. The van der Waals surface area contributed by atoms with Crippen molar-refractivity contribution in [3.8, 4) is 22.9 Å². The Bertz CT molecular complexity index is 940. The molecule has 3 aromatic rings. The van der Waals surface area contributed by atoms with Crippen molar-refractivity contribution in [1.29, 1.82) is 5.26 Å². The van der Waals surface area contributed by atoms with Crippen molar-refractivity contribution in [1.82, 2.24) is 0 Å². The third kappa shape index (κ3) is 3.29. The summed E-state index contributed by atoms with van der Waals surface area (Å²) in [5.74, 6) is 0.0219. The zero-order valence-electron chi connectivity index (χ0n) is 14.7. The lowest BCUT2D eigenvalue weighted by Crippen LogP contribution is -2.23. The zero-order chi connectivity index (χ0) is 17.8. The van der Waals surface area contributed by atoms with E-state index >= 15 is 0 Å². The SMILES string of the molecule is CCCN(CC)c1ccc2cc(-c3cccc(O)c3C#N)ccc2c1. The van der Waals surface area contributed by atoms with Crippen LogP contribution >= 0.6 is 0 Å². The molecule has 25 heavy (non-hydrogen) atoms. The summed E-state index contributed by atoms with van der Waals surface area (Å²) >= 11 is 0. The van der Waals surface area contributed by atoms with Crippen LogP contribution in [0.15, 0.2) is 54.6 Å². The highest BCUT2D eigenvalue weighted by atomic mass is 16.3. The van der Waals surface area contributed by atoms with Crippen LogP contribution in [0.5, 0.6) is 5.75 Å². The van der Waals surface area contributed by atoms with Gasteiger partial charge in [0.05, 0.1) is 0 Å². The lowest BCUT2D eigenvalue weighted by molar-refractivity contribution is 0.474. The van der Waals surface area contributed by atoms with E-state index in [-0.39, 0.29) is 5.75 Å². The van der Waals surface area contributed by atoms with Gasteiger partial charge in [-0.3, -0.25) is 0 Å². The normalized spacial score (nSPS) is 10.6. The molecule has 3 heteroatoms. The summed E-state index contributed by atoms with van der Waals surface area (Å²) in [5, 5.41) is 21.5. The Morgan fingerprint density at radius 2 is 1.76 bits per heavy atom. The molecule has 0 atom stereocenters. The molecule has 0 aliphatic rings. The predicted octanol–water partition coefficient (Wildman–Crippen LogP) is 5.32. The number of nitriles is 1. The Labute approximate surface area is 148 Å². The van der Waals surface area contributed by atoms with Crippen molar-refractivity contribution < 1.29 is 5.11 Å². The van der Waals surface area contributed by atoms with Crippen molar-refractivity contribution in [3.63, 3.8) is 0 Å². The fraction of sp³-hybridized carbons (Fsp3) is 0.227. The molecular weight excluding hydrogens is 308 g/mol. The third-order valence-electron chi connectivity index (χ3n) is 4.53. The predicted molar refractivity (Wildman–Crippen MR) is 104 cm³/mol. The number of phenols is 1. The van der Waals surface area contributed by atoms with Crippen LogP contribution in [0.1, 0.15) is 25.8 Å². The largest absolute Gasteiger partial charge is 0.507 e. The smallest absolute Gasteiger partial charge is 0.133 e. The van der Waals surface area contributed by atoms with Crippen LogP contribution in [0.2, 0.25) is 0 Å². The highest BCUT2D eigenvalue weighted by Gasteiger charge is 2.10. The van der Waals surface area contributed by atoms with E-state index in [2.05, 4.69) is 55.1 Å². The summed E-state index contributed by atoms with van der Waals surface area (Å²) < 4.78 is 0. The van der Waals surface area contributed by atoms with Crippen LogP contribution in [-0.2, 0) is 0 Å². The molecule has 0 aromatic heterocycles. The van der Waals surface area contributed by atoms with Gasteiger partial charge in [-0.05, 0) is 53.9 Å². The van der Waals surface area contributed by atoms with E-state index in [9.17, 15) is 10.4 Å². The molecule has 0 aliphatic heterocycles. The first-order chi connectivity index (χ1) is 12.2. The minimum Gasteiger partial charge on any atom is -0.507 e. The molecule has 3 aromatic carbocycles. The number of hydrogen-bond donors (Lipinski definition) is 1. The molecule has 0 radical (unpaired) electrons. The van der Waals surface area contributed by atoms with E-state index in [1.54, 1.807) is 12.1 Å². The van der Waals surface area contributed by atoms with Gasteiger partial charge in [-0.25, -0.2) is 0 Å². The third-order valence-corrected chi connectivity index (χ3v) is 4.53. The lowest BCUT2D eigenvalue weighted by Gasteiger charge is -2.22. The summed E-state index contributed by atoms with van der Waals surface area (Å²) in [6.07, 6.45) is 1.12. The van der Waals surface area contributed by atoms with Gasteiger partial charge < -0.3 is 10.0 Å². The molecule has 0 amide bonds. The molecule has 3 rings (SSSR count). The van der Waals surface area contributed by atoms with E-state index in [1.165, 1.54) is 11.1 Å². The average molecular weight is 330 g/mol. The van der Waals surface area contributed by atoms with Gasteiger partial charge in [0.1, 0.15) is 17.4 Å². The molecule has 3 nitrogen and oxygen atoms in total. The number of hydrogen-bond acceptors (Lipinski definition) is 3.